The van der Waals surface area contributed by atoms with Crippen molar-refractivity contribution in [2.45, 2.75) is 31.0 Å². The number of fused-ring (bicyclic) bond motifs is 3. The van der Waals surface area contributed by atoms with Gasteiger partial charge in [-0.3, -0.25) is 0 Å². The second-order valence-electron chi connectivity index (χ2n) is 6.90. The number of rotatable bonds is 1. The SMILES string of the molecule is FC(F)(F)C12CC(n3c4ccccc4c4ccccc43)(C1)C2. The fraction of sp³-hybridized carbons (Fsp3) is 0.333. The Hall–Kier alpha value is -1.97. The molecule has 1 nitrogen and oxygen atoms in total. The molecule has 0 N–H and O–H groups in total. The van der Waals surface area contributed by atoms with Crippen LogP contribution in [0, 0.1) is 5.41 Å². The lowest BCUT2D eigenvalue weighted by Gasteiger charge is -2.71. The summed E-state index contributed by atoms with van der Waals surface area (Å²) in [6, 6.07) is 16.0. The molecule has 3 saturated carbocycles. The molecule has 0 spiro atoms. The first-order chi connectivity index (χ1) is 10.5. The number of para-hydroxylation sites is 2. The van der Waals surface area contributed by atoms with Gasteiger partial charge in [-0.2, -0.15) is 13.2 Å². The predicted octanol–water partition coefficient (Wildman–Crippen LogP) is 5.24. The Morgan fingerprint density at radius 3 is 1.68 bits per heavy atom. The van der Waals surface area contributed by atoms with E-state index in [1.54, 1.807) is 0 Å². The van der Waals surface area contributed by atoms with Crippen molar-refractivity contribution in [2.75, 3.05) is 0 Å². The monoisotopic (exact) mass is 301 g/mol. The Morgan fingerprint density at radius 1 is 0.773 bits per heavy atom. The molecule has 6 rings (SSSR count). The Morgan fingerprint density at radius 2 is 1.23 bits per heavy atom. The van der Waals surface area contributed by atoms with Crippen LogP contribution in [0.25, 0.3) is 21.8 Å². The summed E-state index contributed by atoms with van der Waals surface area (Å²) in [4.78, 5) is 0. The van der Waals surface area contributed by atoms with Gasteiger partial charge >= 0.3 is 6.18 Å². The van der Waals surface area contributed by atoms with Gasteiger partial charge in [-0.15, -0.1) is 0 Å². The average molecular weight is 301 g/mol. The topological polar surface area (TPSA) is 4.93 Å². The smallest absolute Gasteiger partial charge is 0.334 e. The third-order valence-corrected chi connectivity index (χ3v) is 5.66. The summed E-state index contributed by atoms with van der Waals surface area (Å²) < 4.78 is 41.6. The van der Waals surface area contributed by atoms with Gasteiger partial charge < -0.3 is 4.57 Å². The minimum Gasteiger partial charge on any atom is -0.334 e. The highest BCUT2D eigenvalue weighted by Crippen LogP contribution is 2.77. The van der Waals surface area contributed by atoms with Crippen molar-refractivity contribution in [3.05, 3.63) is 48.5 Å². The fourth-order valence-electron chi connectivity index (χ4n) is 4.71. The lowest BCUT2D eigenvalue weighted by atomic mass is 9.38. The van der Waals surface area contributed by atoms with Gasteiger partial charge in [-0.1, -0.05) is 36.4 Å². The Balaban J connectivity index is 1.73. The van der Waals surface area contributed by atoms with Crippen molar-refractivity contribution in [3.8, 4) is 0 Å². The molecular weight excluding hydrogens is 287 g/mol. The van der Waals surface area contributed by atoms with E-state index in [0.717, 1.165) is 21.8 Å². The molecule has 3 aromatic rings. The minimum absolute atomic E-state index is 0.228. The molecule has 1 heterocycles. The van der Waals surface area contributed by atoms with E-state index in [0.29, 0.717) is 0 Å². The van der Waals surface area contributed by atoms with Gasteiger partial charge in [0.1, 0.15) is 0 Å². The van der Waals surface area contributed by atoms with E-state index in [1.165, 1.54) is 0 Å². The third kappa shape index (κ3) is 1.24. The van der Waals surface area contributed by atoms with E-state index in [-0.39, 0.29) is 24.8 Å². The van der Waals surface area contributed by atoms with Crippen LogP contribution < -0.4 is 0 Å². The van der Waals surface area contributed by atoms with Gasteiger partial charge in [0.25, 0.3) is 0 Å². The Labute approximate surface area is 125 Å². The molecule has 4 heteroatoms. The molecule has 0 radical (unpaired) electrons. The summed E-state index contributed by atoms with van der Waals surface area (Å²) in [6.45, 7) is 0. The molecule has 3 aliphatic rings. The van der Waals surface area contributed by atoms with Crippen LogP contribution in [0.1, 0.15) is 19.3 Å². The van der Waals surface area contributed by atoms with Gasteiger partial charge in [0, 0.05) is 27.3 Å². The number of hydrogen-bond donors (Lipinski definition) is 0. The standard InChI is InChI=1S/C18H14F3N/c19-18(20,21)16-9-17(10-16,11-16)22-14-7-3-1-5-12(14)13-6-2-4-8-15(13)22/h1-8H,9-11H2. The van der Waals surface area contributed by atoms with Crippen molar-refractivity contribution < 1.29 is 13.2 Å². The van der Waals surface area contributed by atoms with E-state index < -0.39 is 11.6 Å². The zero-order valence-corrected chi connectivity index (χ0v) is 11.8. The largest absolute Gasteiger partial charge is 0.394 e. The van der Waals surface area contributed by atoms with Crippen LogP contribution in [-0.2, 0) is 5.54 Å². The third-order valence-electron chi connectivity index (χ3n) is 5.66. The number of aromatic nitrogens is 1. The lowest BCUT2D eigenvalue weighted by Crippen LogP contribution is -2.72. The van der Waals surface area contributed by atoms with Crippen molar-refractivity contribution in [3.63, 3.8) is 0 Å². The molecule has 3 aliphatic carbocycles. The second kappa shape index (κ2) is 3.50. The number of benzene rings is 2. The van der Waals surface area contributed by atoms with Gasteiger partial charge in [0.2, 0.25) is 0 Å². The fourth-order valence-corrected chi connectivity index (χ4v) is 4.71. The number of nitrogens with zero attached hydrogens (tertiary/aromatic N) is 1. The maximum Gasteiger partial charge on any atom is 0.394 e. The number of halogens is 3. The van der Waals surface area contributed by atoms with Crippen LogP contribution in [0.2, 0.25) is 0 Å². The molecule has 22 heavy (non-hydrogen) atoms. The average Bonchev–Trinajstić information content (AvgIpc) is 2.70. The highest BCUT2D eigenvalue weighted by atomic mass is 19.4. The summed E-state index contributed by atoms with van der Waals surface area (Å²) in [5.41, 5.74) is 0.357. The first kappa shape index (κ1) is 12.6. The van der Waals surface area contributed by atoms with Crippen molar-refractivity contribution in [2.24, 2.45) is 5.41 Å². The van der Waals surface area contributed by atoms with E-state index in [2.05, 4.69) is 16.7 Å². The molecule has 3 fully saturated rings. The second-order valence-corrected chi connectivity index (χ2v) is 6.90. The highest BCUT2D eigenvalue weighted by Gasteiger charge is 2.79. The summed E-state index contributed by atoms with van der Waals surface area (Å²) in [6.07, 6.45) is -3.38. The predicted molar refractivity (Wildman–Crippen MR) is 79.8 cm³/mol. The summed E-state index contributed by atoms with van der Waals surface area (Å²) in [5, 5.41) is 2.26. The van der Waals surface area contributed by atoms with E-state index in [1.807, 2.05) is 36.4 Å². The van der Waals surface area contributed by atoms with Gasteiger partial charge in [0.05, 0.1) is 5.41 Å². The number of hydrogen-bond acceptors (Lipinski definition) is 0. The summed E-state index contributed by atoms with van der Waals surface area (Å²) in [7, 11) is 0. The molecule has 2 bridgehead atoms. The highest BCUT2D eigenvalue weighted by molar-refractivity contribution is 6.08. The normalized spacial score (nSPS) is 30.3. The van der Waals surface area contributed by atoms with Crippen molar-refractivity contribution in [1.82, 2.24) is 4.57 Å². The van der Waals surface area contributed by atoms with Gasteiger partial charge in [0.15, 0.2) is 0 Å². The van der Waals surface area contributed by atoms with Crippen molar-refractivity contribution >= 4 is 21.8 Å². The van der Waals surface area contributed by atoms with Crippen molar-refractivity contribution in [1.29, 1.82) is 0 Å². The van der Waals surface area contributed by atoms with Crippen LogP contribution in [-0.4, -0.2) is 10.7 Å². The van der Waals surface area contributed by atoms with E-state index in [4.69, 9.17) is 0 Å². The molecule has 0 aliphatic heterocycles. The van der Waals surface area contributed by atoms with E-state index in [9.17, 15) is 13.2 Å². The van der Waals surface area contributed by atoms with Crippen LogP contribution in [0.15, 0.2) is 48.5 Å². The molecule has 112 valence electrons. The van der Waals surface area contributed by atoms with Gasteiger partial charge in [-0.25, -0.2) is 0 Å². The van der Waals surface area contributed by atoms with Crippen LogP contribution in [0.3, 0.4) is 0 Å². The quantitative estimate of drug-likeness (QED) is 0.579. The first-order valence-electron chi connectivity index (χ1n) is 7.51. The summed E-state index contributed by atoms with van der Waals surface area (Å²) in [5.74, 6) is 0. The lowest BCUT2D eigenvalue weighted by molar-refractivity contribution is -0.352. The van der Waals surface area contributed by atoms with Crippen LogP contribution in [0.4, 0.5) is 13.2 Å². The van der Waals surface area contributed by atoms with Crippen LogP contribution >= 0.6 is 0 Å². The molecule has 1 aromatic heterocycles. The first-order valence-corrected chi connectivity index (χ1v) is 7.51. The molecule has 2 aromatic carbocycles. The maximum atomic E-state index is 13.2. The minimum atomic E-state index is -4.06. The van der Waals surface area contributed by atoms with Gasteiger partial charge in [-0.05, 0) is 31.4 Å². The molecule has 0 atom stereocenters. The Bertz CT molecular complexity index is 846. The Kier molecular flexibility index (Phi) is 2.00. The van der Waals surface area contributed by atoms with Crippen LogP contribution in [0.5, 0.6) is 0 Å². The summed E-state index contributed by atoms with van der Waals surface area (Å²) >= 11 is 0. The van der Waals surface area contributed by atoms with E-state index >= 15 is 0 Å². The zero-order valence-electron chi connectivity index (χ0n) is 11.8. The molecule has 0 amide bonds. The molecule has 0 unspecified atom stereocenters. The number of alkyl halides is 3. The maximum absolute atomic E-state index is 13.2. The molecular formula is C18H14F3N. The molecule has 0 saturated heterocycles. The zero-order chi connectivity index (χ0) is 15.2.